The maximum atomic E-state index is 11.8. The number of hydrogen-bond donors (Lipinski definition) is 7. The molecule has 0 saturated carbocycles. The summed E-state index contributed by atoms with van der Waals surface area (Å²) < 4.78 is 0.866. The van der Waals surface area contributed by atoms with Crippen molar-refractivity contribution in [3.05, 3.63) is 57.6 Å². The zero-order valence-electron chi connectivity index (χ0n) is 19.9. The second kappa shape index (κ2) is 14.0. The normalized spacial score (nSPS) is 15.2. The van der Waals surface area contributed by atoms with Gasteiger partial charge in [0.1, 0.15) is 5.75 Å². The summed E-state index contributed by atoms with van der Waals surface area (Å²) in [5.74, 6) is -0.701. The molecule has 2 aromatic carbocycles. The lowest BCUT2D eigenvalue weighted by atomic mass is 10.0. The van der Waals surface area contributed by atoms with Crippen molar-refractivity contribution in [1.29, 1.82) is 0 Å². The van der Waals surface area contributed by atoms with Gasteiger partial charge in [-0.05, 0) is 49.2 Å². The van der Waals surface area contributed by atoms with Crippen molar-refractivity contribution in [2.45, 2.75) is 32.4 Å². The molecule has 2 aromatic rings. The molecule has 1 heterocycles. The summed E-state index contributed by atoms with van der Waals surface area (Å²) in [6.07, 6.45) is -0.103. The number of halogens is 1. The number of anilines is 1. The fourth-order valence-corrected chi connectivity index (χ4v) is 3.95. The molecule has 2 unspecified atom stereocenters. The van der Waals surface area contributed by atoms with E-state index in [1.165, 1.54) is 12.1 Å². The number of benzene rings is 2. The van der Waals surface area contributed by atoms with E-state index in [2.05, 4.69) is 42.2 Å². The Balaban J connectivity index is 0.000000261. The van der Waals surface area contributed by atoms with Crippen LogP contribution in [0.25, 0.3) is 0 Å². The Morgan fingerprint density at radius 1 is 1.25 bits per heavy atom. The summed E-state index contributed by atoms with van der Waals surface area (Å²) >= 11 is 3.34. The highest BCUT2D eigenvalue weighted by Gasteiger charge is 2.15. The number of phenols is 1. The van der Waals surface area contributed by atoms with Gasteiger partial charge in [0, 0.05) is 34.9 Å². The number of aliphatic hydroxyl groups is 1. The Morgan fingerprint density at radius 3 is 2.58 bits per heavy atom. The minimum atomic E-state index is -0.947. The number of aryl methyl sites for hydroxylation is 1. The van der Waals surface area contributed by atoms with E-state index >= 15 is 0 Å². The molecule has 194 valence electrons. The molecule has 0 aromatic heterocycles. The standard InChI is InChI=1S/C13H18N4O3.C11H12BrNO3/c1-2-14-12(20)8-3-9(5-10(18)4-8)17-13-15-6-11(19)7-16-13;1-7-2-8(4-9(12)3-7)10(13-6-14)5-11(15)16/h3-5,11,18-19H,2,6-7H2,1H3,(H,14,20)(H2,15,16,17);2-4,6,10H,5H2,1H3,(H,13,14)(H,15,16). The van der Waals surface area contributed by atoms with Crippen LogP contribution in [-0.4, -0.2) is 65.3 Å². The highest BCUT2D eigenvalue weighted by molar-refractivity contribution is 9.10. The van der Waals surface area contributed by atoms with E-state index in [-0.39, 0.29) is 18.1 Å². The third-order valence-corrected chi connectivity index (χ3v) is 5.32. The molecule has 0 spiro atoms. The SMILES string of the molecule is CCNC(=O)c1cc(O)cc(NC2=NCC(O)CN2)c1.Cc1cc(Br)cc(C(CC(=O)O)NC=O)c1. The largest absolute Gasteiger partial charge is 0.508 e. The molecule has 2 atom stereocenters. The number of aliphatic carboxylic acids is 1. The number of aliphatic hydroxyl groups excluding tert-OH is 1. The van der Waals surface area contributed by atoms with Gasteiger partial charge in [-0.3, -0.25) is 19.4 Å². The highest BCUT2D eigenvalue weighted by atomic mass is 79.9. The second-order valence-corrected chi connectivity index (χ2v) is 8.89. The molecule has 0 bridgehead atoms. The van der Waals surface area contributed by atoms with Crippen LogP contribution >= 0.6 is 15.9 Å². The van der Waals surface area contributed by atoms with E-state index in [0.29, 0.717) is 43.3 Å². The van der Waals surface area contributed by atoms with Crippen LogP contribution in [-0.2, 0) is 9.59 Å². The van der Waals surface area contributed by atoms with E-state index in [1.54, 1.807) is 12.1 Å². The van der Waals surface area contributed by atoms with Crippen molar-refractivity contribution in [2.75, 3.05) is 25.0 Å². The zero-order valence-corrected chi connectivity index (χ0v) is 21.5. The molecule has 1 aliphatic heterocycles. The number of guanidine groups is 1. The summed E-state index contributed by atoms with van der Waals surface area (Å²) in [5.41, 5.74) is 2.70. The molecule has 0 aliphatic carbocycles. The molecule has 0 fully saturated rings. The Labute approximate surface area is 217 Å². The van der Waals surface area contributed by atoms with Crippen molar-refractivity contribution >= 4 is 45.9 Å². The van der Waals surface area contributed by atoms with Gasteiger partial charge < -0.3 is 36.6 Å². The lowest BCUT2D eigenvalue weighted by Gasteiger charge is -2.20. The first kappa shape index (κ1) is 28.6. The maximum Gasteiger partial charge on any atom is 0.305 e. The van der Waals surface area contributed by atoms with E-state index in [9.17, 15) is 24.6 Å². The van der Waals surface area contributed by atoms with Gasteiger partial charge in [-0.15, -0.1) is 0 Å². The quantitative estimate of drug-likeness (QED) is 0.238. The predicted molar refractivity (Wildman–Crippen MR) is 139 cm³/mol. The Bertz CT molecular complexity index is 1090. The first-order valence-corrected chi connectivity index (χ1v) is 11.9. The van der Waals surface area contributed by atoms with Crippen LogP contribution in [0.15, 0.2) is 45.9 Å². The summed E-state index contributed by atoms with van der Waals surface area (Å²) in [5, 5.41) is 38.8. The van der Waals surface area contributed by atoms with Crippen molar-refractivity contribution < 1.29 is 29.7 Å². The monoisotopic (exact) mass is 563 g/mol. The van der Waals surface area contributed by atoms with Crippen molar-refractivity contribution in [2.24, 2.45) is 4.99 Å². The number of phenolic OH excluding ortho intramolecular Hbond substituents is 1. The number of aromatic hydroxyl groups is 1. The van der Waals surface area contributed by atoms with Crippen LogP contribution in [0.4, 0.5) is 5.69 Å². The molecule has 11 nitrogen and oxygen atoms in total. The number of carboxylic acids is 1. The zero-order chi connectivity index (χ0) is 26.7. The number of nitrogens with one attached hydrogen (secondary N) is 4. The summed E-state index contributed by atoms with van der Waals surface area (Å²) in [6, 6.07) is 9.61. The Hall–Kier alpha value is -3.64. The van der Waals surface area contributed by atoms with Crippen molar-refractivity contribution in [1.82, 2.24) is 16.0 Å². The average molecular weight is 564 g/mol. The number of aliphatic imine (C=N–C) groups is 1. The summed E-state index contributed by atoms with van der Waals surface area (Å²) in [7, 11) is 0. The van der Waals surface area contributed by atoms with Crippen LogP contribution < -0.4 is 21.3 Å². The van der Waals surface area contributed by atoms with Crippen LogP contribution in [0.5, 0.6) is 5.75 Å². The molecule has 1 aliphatic rings. The maximum absolute atomic E-state index is 11.8. The van der Waals surface area contributed by atoms with E-state index in [0.717, 1.165) is 15.6 Å². The molecule has 3 rings (SSSR count). The van der Waals surface area contributed by atoms with Gasteiger partial charge in [-0.2, -0.15) is 0 Å². The average Bonchev–Trinajstić information content (AvgIpc) is 2.80. The van der Waals surface area contributed by atoms with Gasteiger partial charge in [-0.1, -0.05) is 22.0 Å². The Kier molecular flexibility index (Phi) is 11.2. The van der Waals surface area contributed by atoms with E-state index in [4.69, 9.17) is 5.11 Å². The van der Waals surface area contributed by atoms with Crippen molar-refractivity contribution in [3.8, 4) is 5.75 Å². The third kappa shape index (κ3) is 9.55. The molecule has 0 saturated heterocycles. The number of carbonyl (C=O) groups is 3. The highest BCUT2D eigenvalue weighted by Crippen LogP contribution is 2.23. The summed E-state index contributed by atoms with van der Waals surface area (Å²) in [6.45, 7) is 4.98. The number of nitrogens with zero attached hydrogens (tertiary/aromatic N) is 1. The number of rotatable bonds is 8. The van der Waals surface area contributed by atoms with Gasteiger partial charge in [0.2, 0.25) is 6.41 Å². The molecular formula is C24H30BrN5O6. The minimum absolute atomic E-state index is 0.00676. The molecule has 36 heavy (non-hydrogen) atoms. The second-order valence-electron chi connectivity index (χ2n) is 7.97. The third-order valence-electron chi connectivity index (χ3n) is 4.86. The van der Waals surface area contributed by atoms with Crippen LogP contribution in [0.3, 0.4) is 0 Å². The molecule has 2 amide bonds. The van der Waals surface area contributed by atoms with E-state index in [1.807, 2.05) is 26.0 Å². The minimum Gasteiger partial charge on any atom is -0.508 e. The van der Waals surface area contributed by atoms with Gasteiger partial charge in [-0.25, -0.2) is 0 Å². The number of amides is 2. The fraction of sp³-hybridized carbons (Fsp3) is 0.333. The first-order chi connectivity index (χ1) is 17.1. The molecule has 12 heteroatoms. The van der Waals surface area contributed by atoms with E-state index < -0.39 is 18.1 Å². The number of β-amino-alcohol motifs (C(OH)–C–C–N with tert-alkyl or cyclic N) is 1. The van der Waals surface area contributed by atoms with Crippen LogP contribution in [0.1, 0.15) is 40.9 Å². The van der Waals surface area contributed by atoms with Gasteiger partial charge in [0.15, 0.2) is 5.96 Å². The molecule has 0 radical (unpaired) electrons. The Morgan fingerprint density at radius 2 is 2.00 bits per heavy atom. The van der Waals surface area contributed by atoms with Crippen LogP contribution in [0, 0.1) is 6.92 Å². The smallest absolute Gasteiger partial charge is 0.305 e. The number of hydrogen-bond acceptors (Lipinski definition) is 8. The van der Waals surface area contributed by atoms with Crippen molar-refractivity contribution in [3.63, 3.8) is 0 Å². The lowest BCUT2D eigenvalue weighted by Crippen LogP contribution is -2.42. The van der Waals surface area contributed by atoms with Gasteiger partial charge >= 0.3 is 5.97 Å². The summed E-state index contributed by atoms with van der Waals surface area (Å²) in [4.78, 5) is 36.9. The number of carboxylic acid groups (broad SMARTS) is 1. The molecular weight excluding hydrogens is 534 g/mol. The predicted octanol–water partition coefficient (Wildman–Crippen LogP) is 1.89. The van der Waals surface area contributed by atoms with Gasteiger partial charge in [0.25, 0.3) is 5.91 Å². The van der Waals surface area contributed by atoms with Crippen LogP contribution in [0.2, 0.25) is 0 Å². The first-order valence-electron chi connectivity index (χ1n) is 11.2. The van der Waals surface area contributed by atoms with Gasteiger partial charge in [0.05, 0.1) is 25.1 Å². The fourth-order valence-electron chi connectivity index (χ4n) is 3.32. The number of carbonyl (C=O) groups excluding carboxylic acids is 2. The lowest BCUT2D eigenvalue weighted by molar-refractivity contribution is -0.137. The molecule has 7 N–H and O–H groups in total. The topological polar surface area (TPSA) is 172 Å².